The van der Waals surface area contributed by atoms with Gasteiger partial charge in [0.1, 0.15) is 0 Å². The Morgan fingerprint density at radius 2 is 1.80 bits per heavy atom. The Kier molecular flexibility index (Phi) is 20.8. The quantitative estimate of drug-likeness (QED) is 0.388. The van der Waals surface area contributed by atoms with Gasteiger partial charge in [-0.1, -0.05) is 6.55 Å². The van der Waals surface area contributed by atoms with Crippen LogP contribution in [0.15, 0.2) is 0 Å². The van der Waals surface area contributed by atoms with E-state index in [9.17, 15) is 9.90 Å². The molecule has 0 radical (unpaired) electrons. The van der Waals surface area contributed by atoms with E-state index in [-0.39, 0.29) is 29.6 Å². The first-order valence-electron chi connectivity index (χ1n) is 2.56. The number of carboxylic acid groups (broad SMARTS) is 1. The van der Waals surface area contributed by atoms with Gasteiger partial charge in [-0.15, -0.1) is 0 Å². The largest absolute Gasteiger partial charge is 1.00 e. The molecule has 0 amide bonds. The Labute approximate surface area is 84.5 Å². The van der Waals surface area contributed by atoms with E-state index in [2.05, 4.69) is 0 Å². The number of carboxylic acids is 1. The summed E-state index contributed by atoms with van der Waals surface area (Å²) in [6.07, 6.45) is -1.34. The van der Waals surface area contributed by atoms with Crippen molar-refractivity contribution in [3.63, 3.8) is 0 Å². The molecule has 0 saturated heterocycles. The summed E-state index contributed by atoms with van der Waals surface area (Å²) >= 11 is 0. The number of aliphatic hydroxyl groups is 1. The van der Waals surface area contributed by atoms with Gasteiger partial charge in [-0.3, -0.25) is 0 Å². The molecule has 0 aromatic heterocycles. The van der Waals surface area contributed by atoms with Crippen LogP contribution in [0.1, 0.15) is 6.92 Å². The molecule has 0 aliphatic rings. The van der Waals surface area contributed by atoms with Crippen molar-refractivity contribution < 1.29 is 49.4 Å². The second kappa shape index (κ2) is 12.3. The van der Waals surface area contributed by atoms with E-state index >= 15 is 0 Å². The molecule has 1 atom stereocenters. The molecule has 0 rings (SSSR count). The van der Waals surface area contributed by atoms with Crippen LogP contribution in [0, 0.1) is 0 Å². The zero-order valence-electron chi connectivity index (χ0n) is 6.50. The van der Waals surface area contributed by atoms with Crippen molar-refractivity contribution in [3.8, 4) is 0 Å². The molecule has 0 aromatic carbocycles. The van der Waals surface area contributed by atoms with E-state index < -0.39 is 21.8 Å². The number of rotatable bonds is 1. The second-order valence-corrected chi connectivity index (χ2v) is 1.94. The molecule has 0 saturated carbocycles. The summed E-state index contributed by atoms with van der Waals surface area (Å²) in [5.41, 5.74) is 0. The number of hydrogen-bond donors (Lipinski definition) is 2. The Hall–Kier alpha value is 0.607. The zero-order valence-corrected chi connectivity index (χ0v) is 9.91. The van der Waals surface area contributed by atoms with Crippen LogP contribution in [-0.2, 0) is 4.79 Å². The average Bonchev–Trinajstić information content (AvgIpc) is 1.68. The van der Waals surface area contributed by atoms with Gasteiger partial charge in [-0.05, 0) is 6.92 Å². The van der Waals surface area contributed by atoms with E-state index in [1.807, 2.05) is 6.55 Å². The van der Waals surface area contributed by atoms with Crippen molar-refractivity contribution in [1.82, 2.24) is 0 Å². The van der Waals surface area contributed by atoms with Crippen LogP contribution in [0.4, 0.5) is 0 Å². The predicted molar refractivity (Wildman–Crippen MR) is 33.3 cm³/mol. The molecule has 0 aliphatic heterocycles. The van der Waals surface area contributed by atoms with Gasteiger partial charge in [0.25, 0.3) is 0 Å². The van der Waals surface area contributed by atoms with Crippen molar-refractivity contribution in [2.24, 2.45) is 0 Å². The molecular formula is C4H11NaO4Si. The number of hydrogen-bond acceptors (Lipinski definition) is 4. The standard InChI is InChI=1S/C3H6O3.CH6OSi.Na/c1-2(4)3(5)6;1-3-2;/h2,4H,1H3,(H,5,6);2H,3H2,1H3;/q;;+1/p-1. The minimum atomic E-state index is -1.44. The number of aliphatic carboxylic acids is 1. The monoisotopic (exact) mass is 174 g/mol. The Morgan fingerprint density at radius 3 is 1.80 bits per heavy atom. The van der Waals surface area contributed by atoms with Crippen molar-refractivity contribution in [3.05, 3.63) is 0 Å². The van der Waals surface area contributed by atoms with E-state index in [0.29, 0.717) is 0 Å². The minimum absolute atomic E-state index is 0. The van der Waals surface area contributed by atoms with Gasteiger partial charge in [0.05, 0.1) is 12.1 Å². The van der Waals surface area contributed by atoms with Crippen molar-refractivity contribution in [1.29, 1.82) is 0 Å². The predicted octanol–water partition coefficient (Wildman–Crippen LogP) is -5.77. The Bertz CT molecular complexity index is 77.7. The van der Waals surface area contributed by atoms with Crippen molar-refractivity contribution >= 4 is 15.7 Å². The van der Waals surface area contributed by atoms with Gasteiger partial charge < -0.3 is 19.8 Å². The molecule has 0 heterocycles. The number of carbonyl (C=O) groups excluding carboxylic acids is 1. The fraction of sp³-hybridized carbons (Fsp3) is 0.750. The molecule has 4 nitrogen and oxygen atoms in total. The van der Waals surface area contributed by atoms with Gasteiger partial charge in [-0.2, -0.15) is 0 Å². The SMILES string of the molecule is CC(O)C(=O)[O-].C[SiH2]O.[Na+]. The fourth-order valence-corrected chi connectivity index (χ4v) is 0. The average molecular weight is 174 g/mol. The summed E-state index contributed by atoms with van der Waals surface area (Å²) in [4.78, 5) is 17.0. The second-order valence-electron chi connectivity index (χ2n) is 1.31. The molecule has 0 bridgehead atoms. The maximum absolute atomic E-state index is 9.34. The molecule has 1 unspecified atom stereocenters. The Balaban J connectivity index is -0.000000107. The maximum Gasteiger partial charge on any atom is 1.00 e. The van der Waals surface area contributed by atoms with Crippen LogP contribution in [0.3, 0.4) is 0 Å². The van der Waals surface area contributed by atoms with E-state index in [1.54, 1.807) is 0 Å². The first kappa shape index (κ1) is 16.9. The molecule has 0 aromatic rings. The summed E-state index contributed by atoms with van der Waals surface area (Å²) in [5.74, 6) is -1.44. The first-order valence-corrected chi connectivity index (χ1v) is 4.60. The summed E-state index contributed by atoms with van der Waals surface area (Å²) in [6, 6.07) is 0. The van der Waals surface area contributed by atoms with Gasteiger partial charge >= 0.3 is 29.6 Å². The van der Waals surface area contributed by atoms with Gasteiger partial charge in [0, 0.05) is 0 Å². The summed E-state index contributed by atoms with van der Waals surface area (Å²) in [6.45, 7) is 2.95. The first-order chi connectivity index (χ1) is 4.06. The topological polar surface area (TPSA) is 80.6 Å². The molecule has 6 heteroatoms. The normalized spacial score (nSPS) is 11.2. The smallest absolute Gasteiger partial charge is 0.547 e. The number of carbonyl (C=O) groups is 1. The third kappa shape index (κ3) is 23.5. The van der Waals surface area contributed by atoms with E-state index in [0.717, 1.165) is 6.92 Å². The molecule has 0 fully saturated rings. The summed E-state index contributed by atoms with van der Waals surface area (Å²) in [7, 11) is -0.583. The summed E-state index contributed by atoms with van der Waals surface area (Å²) in [5, 5.41) is 17.3. The van der Waals surface area contributed by atoms with Gasteiger partial charge in [0.2, 0.25) is 0 Å². The molecule has 0 spiro atoms. The van der Waals surface area contributed by atoms with Gasteiger partial charge in [0.15, 0.2) is 9.76 Å². The fourth-order valence-electron chi connectivity index (χ4n) is 0. The van der Waals surface area contributed by atoms with Crippen LogP contribution < -0.4 is 34.7 Å². The molecular weight excluding hydrogens is 163 g/mol. The van der Waals surface area contributed by atoms with Crippen molar-refractivity contribution in [2.45, 2.75) is 19.6 Å². The minimum Gasteiger partial charge on any atom is -0.547 e. The Morgan fingerprint density at radius 1 is 1.70 bits per heavy atom. The summed E-state index contributed by atoms with van der Waals surface area (Å²) < 4.78 is 0. The van der Waals surface area contributed by atoms with Gasteiger partial charge in [-0.25, -0.2) is 0 Å². The van der Waals surface area contributed by atoms with Crippen LogP contribution in [0.25, 0.3) is 0 Å². The molecule has 0 aliphatic carbocycles. The van der Waals surface area contributed by atoms with Crippen molar-refractivity contribution in [2.75, 3.05) is 0 Å². The van der Waals surface area contributed by atoms with Crippen LogP contribution >= 0.6 is 0 Å². The number of aliphatic hydroxyl groups excluding tert-OH is 1. The maximum atomic E-state index is 9.34. The van der Waals surface area contributed by atoms with E-state index in [4.69, 9.17) is 9.90 Å². The van der Waals surface area contributed by atoms with Crippen LogP contribution in [-0.4, -0.2) is 31.7 Å². The molecule has 56 valence electrons. The molecule has 2 N–H and O–H groups in total. The zero-order chi connectivity index (χ0) is 7.86. The third-order valence-electron chi connectivity index (χ3n) is 0.341. The van der Waals surface area contributed by atoms with E-state index in [1.165, 1.54) is 0 Å². The van der Waals surface area contributed by atoms with Crippen LogP contribution in [0.2, 0.25) is 6.55 Å². The van der Waals surface area contributed by atoms with Crippen LogP contribution in [0.5, 0.6) is 0 Å². The molecule has 10 heavy (non-hydrogen) atoms. The third-order valence-corrected chi connectivity index (χ3v) is 0.341.